The van der Waals surface area contributed by atoms with Crippen LogP contribution in [0.25, 0.3) is 17.0 Å². The van der Waals surface area contributed by atoms with Crippen LogP contribution in [0.2, 0.25) is 0 Å². The molecule has 2 fully saturated rings. The number of aromatic nitrogens is 3. The largest absolute Gasteiger partial charge is 0.369 e. The van der Waals surface area contributed by atoms with E-state index in [1.165, 1.54) is 23.9 Å². The molecule has 0 bridgehead atoms. The van der Waals surface area contributed by atoms with Gasteiger partial charge in [0, 0.05) is 55.7 Å². The molecule has 2 saturated heterocycles. The van der Waals surface area contributed by atoms with Gasteiger partial charge in [-0.2, -0.15) is 0 Å². The van der Waals surface area contributed by atoms with Crippen molar-refractivity contribution in [3.05, 3.63) is 78.0 Å². The van der Waals surface area contributed by atoms with Crippen LogP contribution in [-0.4, -0.2) is 59.3 Å². The maximum Gasteiger partial charge on any atom is 0.168 e. The summed E-state index contributed by atoms with van der Waals surface area (Å²) < 4.78 is 30.4. The lowest BCUT2D eigenvalue weighted by Gasteiger charge is -2.34. The third-order valence-electron chi connectivity index (χ3n) is 7.28. The average molecular weight is 475 g/mol. The summed E-state index contributed by atoms with van der Waals surface area (Å²) in [6.07, 6.45) is 3.71. The number of nitrogens with zero attached hydrogens (tertiary/aromatic N) is 6. The second-order valence-corrected chi connectivity index (χ2v) is 9.49. The number of halogens is 2. The zero-order chi connectivity index (χ0) is 23.9. The van der Waals surface area contributed by atoms with Gasteiger partial charge < -0.3 is 14.7 Å². The lowest BCUT2D eigenvalue weighted by molar-refractivity contribution is 0.313. The van der Waals surface area contributed by atoms with Crippen LogP contribution in [0.5, 0.6) is 0 Å². The van der Waals surface area contributed by atoms with Gasteiger partial charge in [-0.15, -0.1) is 10.2 Å². The van der Waals surface area contributed by atoms with E-state index in [0.717, 1.165) is 68.3 Å². The van der Waals surface area contributed by atoms with Crippen molar-refractivity contribution in [3.63, 3.8) is 0 Å². The second-order valence-electron chi connectivity index (χ2n) is 9.49. The van der Waals surface area contributed by atoms with E-state index >= 15 is 0 Å². The summed E-state index contributed by atoms with van der Waals surface area (Å²) in [5.41, 5.74) is 4.31. The van der Waals surface area contributed by atoms with Gasteiger partial charge >= 0.3 is 0 Å². The molecule has 0 radical (unpaired) electrons. The predicted molar refractivity (Wildman–Crippen MR) is 134 cm³/mol. The number of rotatable bonds is 4. The molecule has 2 aromatic carbocycles. The molecule has 0 aliphatic carbocycles. The number of fused-ring (bicyclic) bond motifs is 1. The zero-order valence-corrected chi connectivity index (χ0v) is 19.7. The van der Waals surface area contributed by atoms with Crippen molar-refractivity contribution in [3.8, 4) is 11.4 Å². The molecule has 35 heavy (non-hydrogen) atoms. The van der Waals surface area contributed by atoms with Crippen LogP contribution in [0.3, 0.4) is 0 Å². The Morgan fingerprint density at radius 2 is 1.60 bits per heavy atom. The van der Waals surface area contributed by atoms with E-state index in [2.05, 4.69) is 56.2 Å². The Hall–Kier alpha value is -3.52. The molecular weight excluding hydrogens is 446 g/mol. The molecule has 0 saturated carbocycles. The predicted octanol–water partition coefficient (Wildman–Crippen LogP) is 4.77. The molecule has 1 atom stereocenters. The Bertz CT molecular complexity index is 1340. The van der Waals surface area contributed by atoms with E-state index in [1.54, 1.807) is 0 Å². The van der Waals surface area contributed by atoms with Gasteiger partial charge in [-0.05, 0) is 74.5 Å². The van der Waals surface area contributed by atoms with Gasteiger partial charge in [0.25, 0.3) is 0 Å². The Morgan fingerprint density at radius 3 is 2.40 bits per heavy atom. The summed E-state index contributed by atoms with van der Waals surface area (Å²) in [4.78, 5) is 6.90. The topological polar surface area (TPSA) is 39.9 Å². The van der Waals surface area contributed by atoms with Gasteiger partial charge in [0.15, 0.2) is 11.5 Å². The van der Waals surface area contributed by atoms with Gasteiger partial charge in [0.1, 0.15) is 11.6 Å². The zero-order valence-electron chi connectivity index (χ0n) is 19.7. The normalized spacial score (nSPS) is 19.1. The smallest absolute Gasteiger partial charge is 0.168 e. The first-order valence-corrected chi connectivity index (χ1v) is 12.2. The summed E-state index contributed by atoms with van der Waals surface area (Å²) in [6.45, 7) is 4.96. The van der Waals surface area contributed by atoms with Crippen molar-refractivity contribution >= 4 is 17.0 Å². The molecule has 0 N–H and O–H groups in total. The number of benzene rings is 2. The highest BCUT2D eigenvalue weighted by atomic mass is 19.1. The van der Waals surface area contributed by atoms with Gasteiger partial charge in [0.05, 0.1) is 11.7 Å². The molecule has 0 spiro atoms. The van der Waals surface area contributed by atoms with Crippen LogP contribution < -0.4 is 9.80 Å². The highest BCUT2D eigenvalue weighted by Gasteiger charge is 2.29. The molecule has 6 rings (SSSR count). The van der Waals surface area contributed by atoms with E-state index in [-0.39, 0.29) is 11.9 Å². The van der Waals surface area contributed by atoms with Crippen LogP contribution in [-0.2, 0) is 0 Å². The first-order chi connectivity index (χ1) is 17.1. The maximum absolute atomic E-state index is 14.6. The molecule has 8 heteroatoms. The SMILES string of the molecule is CN1CCN(c2ccc(-c3nnc4ccc(N5CCCC5c5cc(F)ccc5F)cn34)cc2)CC1. The molecule has 4 heterocycles. The summed E-state index contributed by atoms with van der Waals surface area (Å²) >= 11 is 0. The third-order valence-corrected chi connectivity index (χ3v) is 7.28. The summed E-state index contributed by atoms with van der Waals surface area (Å²) in [5.74, 6) is -0.0147. The van der Waals surface area contributed by atoms with Crippen molar-refractivity contribution in [2.24, 2.45) is 0 Å². The van der Waals surface area contributed by atoms with Gasteiger partial charge in [0.2, 0.25) is 0 Å². The molecule has 2 aromatic heterocycles. The molecule has 2 aliphatic heterocycles. The molecule has 180 valence electrons. The molecule has 0 amide bonds. The second kappa shape index (κ2) is 8.92. The fourth-order valence-corrected chi connectivity index (χ4v) is 5.30. The first-order valence-electron chi connectivity index (χ1n) is 12.2. The number of hydrogen-bond donors (Lipinski definition) is 0. The highest BCUT2D eigenvalue weighted by molar-refractivity contribution is 5.65. The van der Waals surface area contributed by atoms with Gasteiger partial charge in [-0.3, -0.25) is 4.40 Å². The minimum atomic E-state index is -0.412. The van der Waals surface area contributed by atoms with Gasteiger partial charge in [-0.25, -0.2) is 8.78 Å². The fraction of sp³-hybridized carbons (Fsp3) is 0.333. The number of pyridine rings is 1. The molecule has 2 aliphatic rings. The minimum Gasteiger partial charge on any atom is -0.369 e. The van der Waals surface area contributed by atoms with Crippen LogP contribution in [0.15, 0.2) is 60.8 Å². The third kappa shape index (κ3) is 4.12. The molecule has 6 nitrogen and oxygen atoms in total. The summed E-state index contributed by atoms with van der Waals surface area (Å²) in [6, 6.07) is 15.9. The maximum atomic E-state index is 14.6. The Morgan fingerprint density at radius 1 is 0.829 bits per heavy atom. The Kier molecular flexibility index (Phi) is 5.60. The quantitative estimate of drug-likeness (QED) is 0.426. The van der Waals surface area contributed by atoms with Crippen molar-refractivity contribution in [1.29, 1.82) is 0 Å². The number of likely N-dealkylation sites (N-methyl/N-ethyl adjacent to an activating group) is 1. The highest BCUT2D eigenvalue weighted by Crippen LogP contribution is 2.38. The standard InChI is InChI=1S/C27H28F2N6/c1-32-13-15-33(16-14-32)21-7-4-19(5-8-21)27-31-30-26-11-9-22(18-35(26)27)34-12-2-3-25(34)23-17-20(28)6-10-24(23)29/h4-11,17-18,25H,2-3,12-16H2,1H3. The Balaban J connectivity index is 1.30. The lowest BCUT2D eigenvalue weighted by atomic mass is 10.0. The molecular formula is C27H28F2N6. The van der Waals surface area contributed by atoms with Crippen LogP contribution in [0.4, 0.5) is 20.2 Å². The van der Waals surface area contributed by atoms with Crippen molar-refractivity contribution in [1.82, 2.24) is 19.5 Å². The van der Waals surface area contributed by atoms with Crippen molar-refractivity contribution in [2.45, 2.75) is 18.9 Å². The fourth-order valence-electron chi connectivity index (χ4n) is 5.30. The van der Waals surface area contributed by atoms with E-state index in [0.29, 0.717) is 5.56 Å². The average Bonchev–Trinajstić information content (AvgIpc) is 3.53. The number of piperazine rings is 1. The monoisotopic (exact) mass is 474 g/mol. The van der Waals surface area contributed by atoms with E-state index in [1.807, 2.05) is 22.7 Å². The molecule has 4 aromatic rings. The van der Waals surface area contributed by atoms with E-state index in [4.69, 9.17) is 0 Å². The van der Waals surface area contributed by atoms with E-state index in [9.17, 15) is 8.78 Å². The minimum absolute atomic E-state index is 0.203. The number of hydrogen-bond acceptors (Lipinski definition) is 5. The summed E-state index contributed by atoms with van der Waals surface area (Å²) in [5, 5.41) is 8.81. The van der Waals surface area contributed by atoms with Crippen LogP contribution in [0, 0.1) is 11.6 Å². The van der Waals surface area contributed by atoms with E-state index < -0.39 is 5.82 Å². The van der Waals surface area contributed by atoms with Crippen molar-refractivity contribution in [2.75, 3.05) is 49.6 Å². The van der Waals surface area contributed by atoms with Gasteiger partial charge in [-0.1, -0.05) is 0 Å². The molecule has 1 unspecified atom stereocenters. The van der Waals surface area contributed by atoms with Crippen molar-refractivity contribution < 1.29 is 8.78 Å². The Labute approximate surface area is 203 Å². The number of anilines is 2. The summed E-state index contributed by atoms with van der Waals surface area (Å²) in [7, 11) is 2.16. The lowest BCUT2D eigenvalue weighted by Crippen LogP contribution is -2.44. The first kappa shape index (κ1) is 22.0. The van der Waals surface area contributed by atoms with Crippen LogP contribution >= 0.6 is 0 Å². The van der Waals surface area contributed by atoms with Crippen LogP contribution in [0.1, 0.15) is 24.4 Å².